The summed E-state index contributed by atoms with van der Waals surface area (Å²) in [5.74, 6) is 0.462. The van der Waals surface area contributed by atoms with Crippen molar-refractivity contribution in [3.05, 3.63) is 66.1 Å². The van der Waals surface area contributed by atoms with Crippen molar-refractivity contribution < 1.29 is 23.4 Å². The molecular formula is C25H26FN3O4. The number of benzene rings is 2. The summed E-state index contributed by atoms with van der Waals surface area (Å²) in [6.45, 7) is 1.49. The smallest absolute Gasteiger partial charge is 0.271 e. The van der Waals surface area contributed by atoms with Gasteiger partial charge in [0.25, 0.3) is 5.91 Å². The van der Waals surface area contributed by atoms with E-state index in [9.17, 15) is 9.18 Å². The van der Waals surface area contributed by atoms with E-state index >= 15 is 0 Å². The number of H-pyrrole nitrogens is 1. The Bertz CT molecular complexity index is 1150. The predicted octanol–water partition coefficient (Wildman–Crippen LogP) is 4.07. The van der Waals surface area contributed by atoms with Crippen LogP contribution >= 0.6 is 0 Å². The molecule has 1 spiro atoms. The van der Waals surface area contributed by atoms with Crippen LogP contribution < -0.4 is 9.47 Å². The molecule has 2 atom stereocenters. The van der Waals surface area contributed by atoms with Gasteiger partial charge in [-0.05, 0) is 43.2 Å². The maximum Gasteiger partial charge on any atom is 0.271 e. The topological polar surface area (TPSA) is 76.7 Å². The standard InChI is InChI=1S/C25H26FN3O4/c1-31-18-7-4-6-17(12-18)21-13-22(28-27-21)24(30)29-11-5-10-25(16-29)14-19(15-32-25)33-23-9-3-2-8-20(23)26/h2-4,6-9,12-13,19H,5,10-11,14-16H2,1H3,(H,27,28)/t19-,25-/m1/s1. The molecular weight excluding hydrogens is 425 g/mol. The quantitative estimate of drug-likeness (QED) is 0.633. The van der Waals surface area contributed by atoms with Crippen LogP contribution in [0, 0.1) is 5.82 Å². The molecule has 2 fully saturated rings. The summed E-state index contributed by atoms with van der Waals surface area (Å²) < 4.78 is 31.2. The van der Waals surface area contributed by atoms with Gasteiger partial charge in [-0.3, -0.25) is 9.89 Å². The van der Waals surface area contributed by atoms with Gasteiger partial charge in [-0.15, -0.1) is 0 Å². The number of likely N-dealkylation sites (tertiary alicyclic amines) is 1. The number of hydrogen-bond donors (Lipinski definition) is 1. The number of carbonyl (C=O) groups is 1. The SMILES string of the molecule is COc1cccc(-c2cc(C(=O)N3CCC[C@@]4(C[C@@H](Oc5ccccc5F)CO4)C3)[nH]n2)c1. The van der Waals surface area contributed by atoms with Crippen LogP contribution in [0.2, 0.25) is 0 Å². The zero-order valence-electron chi connectivity index (χ0n) is 18.4. The molecule has 8 heteroatoms. The second kappa shape index (κ2) is 8.86. The Balaban J connectivity index is 1.26. The molecule has 2 aliphatic rings. The van der Waals surface area contributed by atoms with E-state index in [0.29, 0.717) is 37.5 Å². The Labute approximate surface area is 191 Å². The van der Waals surface area contributed by atoms with Crippen LogP contribution in [-0.4, -0.2) is 59.5 Å². The lowest BCUT2D eigenvalue weighted by Gasteiger charge is -2.39. The number of ether oxygens (including phenoxy) is 3. The number of piperidine rings is 1. The molecule has 0 aliphatic carbocycles. The van der Waals surface area contributed by atoms with Gasteiger partial charge in [-0.1, -0.05) is 24.3 Å². The summed E-state index contributed by atoms with van der Waals surface area (Å²) in [5.41, 5.74) is 1.51. The first-order chi connectivity index (χ1) is 16.0. The minimum absolute atomic E-state index is 0.113. The Morgan fingerprint density at radius 3 is 2.97 bits per heavy atom. The van der Waals surface area contributed by atoms with E-state index in [4.69, 9.17) is 14.2 Å². The van der Waals surface area contributed by atoms with Gasteiger partial charge in [0.2, 0.25) is 0 Å². The zero-order valence-corrected chi connectivity index (χ0v) is 18.4. The highest BCUT2D eigenvalue weighted by molar-refractivity contribution is 5.93. The van der Waals surface area contributed by atoms with E-state index in [1.165, 1.54) is 6.07 Å². The Hall–Kier alpha value is -3.39. The fourth-order valence-electron chi connectivity index (χ4n) is 4.69. The van der Waals surface area contributed by atoms with Gasteiger partial charge in [0.1, 0.15) is 17.5 Å². The number of aromatic amines is 1. The van der Waals surface area contributed by atoms with E-state index in [0.717, 1.165) is 24.2 Å². The average Bonchev–Trinajstić information content (AvgIpc) is 3.48. The number of nitrogens with zero attached hydrogens (tertiary/aromatic N) is 2. The van der Waals surface area contributed by atoms with Crippen molar-refractivity contribution in [1.82, 2.24) is 15.1 Å². The third-order valence-electron chi connectivity index (χ3n) is 6.31. The van der Waals surface area contributed by atoms with Crippen molar-refractivity contribution in [3.63, 3.8) is 0 Å². The molecule has 1 aromatic heterocycles. The number of hydrogen-bond acceptors (Lipinski definition) is 5. The summed E-state index contributed by atoms with van der Waals surface area (Å²) in [4.78, 5) is 15.0. The van der Waals surface area contributed by atoms with E-state index in [2.05, 4.69) is 10.2 Å². The van der Waals surface area contributed by atoms with Crippen LogP contribution in [0.4, 0.5) is 4.39 Å². The minimum Gasteiger partial charge on any atom is -0.497 e. The average molecular weight is 451 g/mol. The molecule has 2 aliphatic heterocycles. The third-order valence-corrected chi connectivity index (χ3v) is 6.31. The fourth-order valence-corrected chi connectivity index (χ4v) is 4.69. The second-order valence-electron chi connectivity index (χ2n) is 8.60. The monoisotopic (exact) mass is 451 g/mol. The molecule has 33 heavy (non-hydrogen) atoms. The van der Waals surface area contributed by atoms with Crippen LogP contribution in [0.25, 0.3) is 11.3 Å². The zero-order chi connectivity index (χ0) is 22.8. The highest BCUT2D eigenvalue weighted by Crippen LogP contribution is 2.37. The Morgan fingerprint density at radius 1 is 1.24 bits per heavy atom. The highest BCUT2D eigenvalue weighted by Gasteiger charge is 2.45. The maximum absolute atomic E-state index is 14.0. The number of carbonyl (C=O) groups excluding carboxylic acids is 1. The first-order valence-electron chi connectivity index (χ1n) is 11.1. The molecule has 172 valence electrons. The molecule has 0 bridgehead atoms. The second-order valence-corrected chi connectivity index (χ2v) is 8.60. The molecule has 1 amide bonds. The molecule has 0 radical (unpaired) electrons. The van der Waals surface area contributed by atoms with Crippen LogP contribution in [0.3, 0.4) is 0 Å². The number of halogens is 1. The van der Waals surface area contributed by atoms with Gasteiger partial charge in [-0.25, -0.2) is 4.39 Å². The summed E-state index contributed by atoms with van der Waals surface area (Å²) in [5, 5.41) is 7.20. The first-order valence-corrected chi connectivity index (χ1v) is 11.1. The minimum atomic E-state index is -0.473. The Kier molecular flexibility index (Phi) is 5.76. The number of amides is 1. The Morgan fingerprint density at radius 2 is 2.12 bits per heavy atom. The van der Waals surface area contributed by atoms with Crippen LogP contribution in [0.15, 0.2) is 54.6 Å². The van der Waals surface area contributed by atoms with Gasteiger partial charge >= 0.3 is 0 Å². The summed E-state index contributed by atoms with van der Waals surface area (Å²) in [7, 11) is 1.61. The molecule has 3 heterocycles. The number of rotatable bonds is 5. The lowest BCUT2D eigenvalue weighted by molar-refractivity contribution is -0.0454. The molecule has 3 aromatic rings. The van der Waals surface area contributed by atoms with E-state index in [-0.39, 0.29) is 23.6 Å². The lowest BCUT2D eigenvalue weighted by atomic mass is 9.89. The molecule has 5 rings (SSSR count). The van der Waals surface area contributed by atoms with Crippen molar-refractivity contribution in [2.75, 3.05) is 26.8 Å². The van der Waals surface area contributed by atoms with Crippen LogP contribution in [-0.2, 0) is 4.74 Å². The van der Waals surface area contributed by atoms with Crippen LogP contribution in [0.1, 0.15) is 29.8 Å². The molecule has 0 saturated carbocycles. The van der Waals surface area contributed by atoms with Crippen molar-refractivity contribution >= 4 is 5.91 Å². The molecule has 2 aromatic carbocycles. The predicted molar refractivity (Wildman–Crippen MR) is 120 cm³/mol. The summed E-state index contributed by atoms with van der Waals surface area (Å²) in [6.07, 6.45) is 2.04. The summed E-state index contributed by atoms with van der Waals surface area (Å²) >= 11 is 0. The van der Waals surface area contributed by atoms with Crippen molar-refractivity contribution in [2.45, 2.75) is 31.0 Å². The van der Waals surface area contributed by atoms with Gasteiger partial charge in [-0.2, -0.15) is 5.10 Å². The van der Waals surface area contributed by atoms with E-state index in [1.54, 1.807) is 36.3 Å². The normalized spacial score (nSPS) is 22.5. The largest absolute Gasteiger partial charge is 0.497 e. The van der Waals surface area contributed by atoms with E-state index < -0.39 is 5.60 Å². The fraction of sp³-hybridized carbons (Fsp3) is 0.360. The molecule has 0 unspecified atom stereocenters. The van der Waals surface area contributed by atoms with E-state index in [1.807, 2.05) is 24.3 Å². The van der Waals surface area contributed by atoms with Gasteiger partial charge in [0, 0.05) is 18.5 Å². The van der Waals surface area contributed by atoms with Crippen molar-refractivity contribution in [2.24, 2.45) is 0 Å². The van der Waals surface area contributed by atoms with Crippen LogP contribution in [0.5, 0.6) is 11.5 Å². The molecule has 2 saturated heterocycles. The third kappa shape index (κ3) is 4.43. The van der Waals surface area contributed by atoms with Crippen molar-refractivity contribution in [1.29, 1.82) is 0 Å². The maximum atomic E-state index is 14.0. The van der Waals surface area contributed by atoms with Gasteiger partial charge < -0.3 is 19.1 Å². The highest BCUT2D eigenvalue weighted by atomic mass is 19.1. The first kappa shape index (κ1) is 21.5. The molecule has 7 nitrogen and oxygen atoms in total. The van der Waals surface area contributed by atoms with Crippen molar-refractivity contribution in [3.8, 4) is 22.8 Å². The number of methoxy groups -OCH3 is 1. The lowest BCUT2D eigenvalue weighted by Crippen LogP contribution is -2.50. The number of aromatic nitrogens is 2. The van der Waals surface area contributed by atoms with Gasteiger partial charge in [0.05, 0.1) is 31.6 Å². The van der Waals surface area contributed by atoms with Gasteiger partial charge in [0.15, 0.2) is 11.6 Å². The number of nitrogens with one attached hydrogen (secondary N) is 1. The number of para-hydroxylation sites is 1. The summed E-state index contributed by atoms with van der Waals surface area (Å²) in [6, 6.07) is 15.7. The molecule has 1 N–H and O–H groups in total.